The van der Waals surface area contributed by atoms with E-state index in [0.717, 1.165) is 36.5 Å². The van der Waals surface area contributed by atoms with Crippen molar-refractivity contribution in [3.8, 4) is 0 Å². The Balaban J connectivity index is 2.06. The van der Waals surface area contributed by atoms with Crippen molar-refractivity contribution in [1.82, 2.24) is 0 Å². The molecule has 104 valence electrons. The topological polar surface area (TPSA) is 17.1 Å². The number of hydrogen-bond donors (Lipinski definition) is 0. The van der Waals surface area contributed by atoms with Gasteiger partial charge in [0.05, 0.1) is 0 Å². The highest BCUT2D eigenvalue weighted by molar-refractivity contribution is 5.82. The molecule has 1 heteroatoms. The van der Waals surface area contributed by atoms with Crippen molar-refractivity contribution in [2.24, 2.45) is 29.6 Å². The average Bonchev–Trinajstić information content (AvgIpc) is 2.39. The maximum atomic E-state index is 12.3. The van der Waals surface area contributed by atoms with Crippen LogP contribution in [0.5, 0.6) is 0 Å². The zero-order valence-electron chi connectivity index (χ0n) is 12.5. The molecule has 0 aromatic rings. The summed E-state index contributed by atoms with van der Waals surface area (Å²) >= 11 is 0. The maximum Gasteiger partial charge on any atom is 0.136 e. The molecule has 0 saturated heterocycles. The van der Waals surface area contributed by atoms with Gasteiger partial charge in [0.2, 0.25) is 0 Å². The first kappa shape index (κ1) is 14.1. The lowest BCUT2D eigenvalue weighted by Crippen LogP contribution is -2.37. The molecule has 0 spiro atoms. The van der Waals surface area contributed by atoms with Crippen LogP contribution >= 0.6 is 0 Å². The van der Waals surface area contributed by atoms with Gasteiger partial charge in [0.1, 0.15) is 5.78 Å². The molecule has 4 atom stereocenters. The fourth-order valence-corrected chi connectivity index (χ4v) is 4.38. The molecule has 2 rings (SSSR count). The van der Waals surface area contributed by atoms with Crippen LogP contribution in [-0.4, -0.2) is 5.78 Å². The van der Waals surface area contributed by atoms with Crippen LogP contribution < -0.4 is 0 Å². The third kappa shape index (κ3) is 2.97. The molecule has 18 heavy (non-hydrogen) atoms. The number of hydrogen-bond acceptors (Lipinski definition) is 1. The van der Waals surface area contributed by atoms with Gasteiger partial charge >= 0.3 is 0 Å². The molecule has 0 radical (unpaired) electrons. The van der Waals surface area contributed by atoms with Crippen LogP contribution in [0.4, 0.5) is 0 Å². The Hall–Kier alpha value is -0.330. The van der Waals surface area contributed by atoms with Gasteiger partial charge in [-0.1, -0.05) is 46.5 Å². The van der Waals surface area contributed by atoms with Gasteiger partial charge in [-0.25, -0.2) is 0 Å². The van der Waals surface area contributed by atoms with Crippen molar-refractivity contribution in [3.05, 3.63) is 0 Å². The molecule has 1 nitrogen and oxygen atoms in total. The Morgan fingerprint density at radius 3 is 2.56 bits per heavy atom. The summed E-state index contributed by atoms with van der Waals surface area (Å²) in [6.07, 6.45) is 9.92. The van der Waals surface area contributed by atoms with Gasteiger partial charge in [-0.3, -0.25) is 4.79 Å². The summed E-state index contributed by atoms with van der Waals surface area (Å²) in [7, 11) is 0. The quantitative estimate of drug-likeness (QED) is 0.700. The highest BCUT2D eigenvalue weighted by atomic mass is 16.1. The normalized spacial score (nSPS) is 38.1. The molecule has 0 heterocycles. The van der Waals surface area contributed by atoms with Gasteiger partial charge in [0.25, 0.3) is 0 Å². The minimum absolute atomic E-state index is 0.413. The second-order valence-electron chi connectivity index (χ2n) is 6.97. The lowest BCUT2D eigenvalue weighted by atomic mass is 9.63. The predicted octanol–water partition coefficient (Wildman–Crippen LogP) is 4.84. The lowest BCUT2D eigenvalue weighted by Gasteiger charge is -2.40. The Kier molecular flexibility index (Phi) is 4.86. The first-order chi connectivity index (χ1) is 8.63. The van der Waals surface area contributed by atoms with Crippen molar-refractivity contribution in [2.45, 2.75) is 72.1 Å². The van der Waals surface area contributed by atoms with E-state index in [1.54, 1.807) is 0 Å². The zero-order valence-corrected chi connectivity index (χ0v) is 12.5. The van der Waals surface area contributed by atoms with Gasteiger partial charge in [-0.15, -0.1) is 0 Å². The van der Waals surface area contributed by atoms with Crippen LogP contribution in [0.3, 0.4) is 0 Å². The van der Waals surface area contributed by atoms with E-state index >= 15 is 0 Å². The molecule has 0 amide bonds. The molecular weight excluding hydrogens is 220 g/mol. The van der Waals surface area contributed by atoms with E-state index in [2.05, 4.69) is 20.8 Å². The zero-order chi connectivity index (χ0) is 13.1. The van der Waals surface area contributed by atoms with Crippen LogP contribution in [0.25, 0.3) is 0 Å². The molecule has 2 aliphatic rings. The van der Waals surface area contributed by atoms with E-state index in [1.807, 2.05) is 0 Å². The molecule has 4 unspecified atom stereocenters. The minimum atomic E-state index is 0.413. The van der Waals surface area contributed by atoms with E-state index < -0.39 is 0 Å². The fourth-order valence-electron chi connectivity index (χ4n) is 4.38. The summed E-state index contributed by atoms with van der Waals surface area (Å²) in [6.45, 7) is 6.97. The molecule has 2 fully saturated rings. The Morgan fingerprint density at radius 2 is 1.89 bits per heavy atom. The van der Waals surface area contributed by atoms with Gasteiger partial charge in [0.15, 0.2) is 0 Å². The summed E-state index contributed by atoms with van der Waals surface area (Å²) in [5.74, 6) is 4.11. The van der Waals surface area contributed by atoms with E-state index in [1.165, 1.54) is 38.5 Å². The van der Waals surface area contributed by atoms with E-state index in [4.69, 9.17) is 0 Å². The molecule has 0 aliphatic heterocycles. The summed E-state index contributed by atoms with van der Waals surface area (Å²) in [4.78, 5) is 12.3. The highest BCUT2D eigenvalue weighted by Gasteiger charge is 2.39. The molecule has 0 aromatic carbocycles. The first-order valence-corrected chi connectivity index (χ1v) is 8.16. The van der Waals surface area contributed by atoms with Crippen LogP contribution in [0.15, 0.2) is 0 Å². The van der Waals surface area contributed by atoms with Crippen molar-refractivity contribution < 1.29 is 4.79 Å². The third-order valence-electron chi connectivity index (χ3n) is 5.68. The molecular formula is C17H30O. The minimum Gasteiger partial charge on any atom is -0.299 e. The Bertz CT molecular complexity index is 281. The number of carbonyl (C=O) groups is 1. The molecule has 0 aromatic heterocycles. The Labute approximate surface area is 113 Å². The molecule has 2 saturated carbocycles. The van der Waals surface area contributed by atoms with Crippen molar-refractivity contribution in [2.75, 3.05) is 0 Å². The monoisotopic (exact) mass is 250 g/mol. The van der Waals surface area contributed by atoms with Gasteiger partial charge < -0.3 is 0 Å². The second kappa shape index (κ2) is 6.21. The number of Topliss-reactive ketones (excluding diaryl/α,β-unsaturated/α-hetero) is 1. The Morgan fingerprint density at radius 1 is 1.17 bits per heavy atom. The van der Waals surface area contributed by atoms with Crippen molar-refractivity contribution in [1.29, 1.82) is 0 Å². The summed E-state index contributed by atoms with van der Waals surface area (Å²) in [5, 5.41) is 0. The van der Waals surface area contributed by atoms with Crippen molar-refractivity contribution in [3.63, 3.8) is 0 Å². The smallest absolute Gasteiger partial charge is 0.136 e. The number of rotatable bonds is 3. The number of ketones is 1. The SMILES string of the molecule is CCC1CCCCC1C1CC(C(C)C)CCC1=O. The summed E-state index contributed by atoms with van der Waals surface area (Å²) in [6, 6.07) is 0. The average molecular weight is 250 g/mol. The van der Waals surface area contributed by atoms with Gasteiger partial charge in [0, 0.05) is 12.3 Å². The summed E-state index contributed by atoms with van der Waals surface area (Å²) in [5.41, 5.74) is 0. The van der Waals surface area contributed by atoms with Gasteiger partial charge in [-0.2, -0.15) is 0 Å². The maximum absolute atomic E-state index is 12.3. The van der Waals surface area contributed by atoms with Gasteiger partial charge in [-0.05, 0) is 42.9 Å². The van der Waals surface area contributed by atoms with Crippen LogP contribution in [0.2, 0.25) is 0 Å². The second-order valence-corrected chi connectivity index (χ2v) is 6.97. The van der Waals surface area contributed by atoms with E-state index in [9.17, 15) is 4.79 Å². The van der Waals surface area contributed by atoms with Crippen LogP contribution in [0, 0.1) is 29.6 Å². The third-order valence-corrected chi connectivity index (χ3v) is 5.68. The van der Waals surface area contributed by atoms with Crippen molar-refractivity contribution >= 4 is 5.78 Å². The van der Waals surface area contributed by atoms with E-state index in [0.29, 0.717) is 11.7 Å². The summed E-state index contributed by atoms with van der Waals surface area (Å²) < 4.78 is 0. The highest BCUT2D eigenvalue weighted by Crippen LogP contribution is 2.44. The first-order valence-electron chi connectivity index (χ1n) is 8.16. The fraction of sp³-hybridized carbons (Fsp3) is 0.941. The van der Waals surface area contributed by atoms with Crippen LogP contribution in [-0.2, 0) is 4.79 Å². The van der Waals surface area contributed by atoms with Crippen LogP contribution in [0.1, 0.15) is 72.1 Å². The lowest BCUT2D eigenvalue weighted by molar-refractivity contribution is -0.129. The molecule has 2 aliphatic carbocycles. The largest absolute Gasteiger partial charge is 0.299 e. The standard InChI is InChI=1S/C17H30O/c1-4-13-7-5-6-8-15(13)16-11-14(12(2)3)9-10-17(16)18/h12-16H,4-11H2,1-3H3. The molecule has 0 bridgehead atoms. The molecule has 0 N–H and O–H groups in total. The number of carbonyl (C=O) groups excluding carboxylic acids is 1. The van der Waals surface area contributed by atoms with E-state index in [-0.39, 0.29) is 0 Å². The predicted molar refractivity (Wildman–Crippen MR) is 76.4 cm³/mol.